The predicted molar refractivity (Wildman–Crippen MR) is 66.2 cm³/mol. The van der Waals surface area contributed by atoms with E-state index in [-0.39, 0.29) is 17.7 Å². The second kappa shape index (κ2) is 7.27. The molecule has 3 N–H and O–H groups in total. The molecule has 0 aliphatic rings. The third-order valence-electron chi connectivity index (χ3n) is 2.99. The highest BCUT2D eigenvalue weighted by Crippen LogP contribution is 2.10. The normalized spacial score (nSPS) is 16.2. The maximum Gasteiger partial charge on any atom is 0.328 e. The van der Waals surface area contributed by atoms with Crippen LogP contribution < -0.4 is 11.1 Å². The Kier molecular flexibility index (Phi) is 6.80. The van der Waals surface area contributed by atoms with Crippen LogP contribution in [0.15, 0.2) is 0 Å². The van der Waals surface area contributed by atoms with Crippen molar-refractivity contribution in [3.05, 3.63) is 0 Å². The molecular formula is C12H24N2O3. The first-order valence-electron chi connectivity index (χ1n) is 5.98. The molecule has 3 atom stereocenters. The molecule has 3 unspecified atom stereocenters. The largest absolute Gasteiger partial charge is 0.467 e. The lowest BCUT2D eigenvalue weighted by Gasteiger charge is -2.24. The average Bonchev–Trinajstić information content (AvgIpc) is 2.32. The number of rotatable bonds is 6. The van der Waals surface area contributed by atoms with Crippen molar-refractivity contribution >= 4 is 11.9 Å². The van der Waals surface area contributed by atoms with Crippen molar-refractivity contribution in [3.63, 3.8) is 0 Å². The van der Waals surface area contributed by atoms with Crippen molar-refractivity contribution in [1.82, 2.24) is 5.32 Å². The molecular weight excluding hydrogens is 220 g/mol. The minimum atomic E-state index is -0.623. The molecule has 0 aliphatic carbocycles. The van der Waals surface area contributed by atoms with Crippen LogP contribution in [0.3, 0.4) is 0 Å². The maximum atomic E-state index is 11.8. The van der Waals surface area contributed by atoms with Crippen LogP contribution in [0.4, 0.5) is 0 Å². The molecule has 1 amide bonds. The molecule has 0 radical (unpaired) electrons. The smallest absolute Gasteiger partial charge is 0.328 e. The summed E-state index contributed by atoms with van der Waals surface area (Å²) in [5.41, 5.74) is 5.73. The van der Waals surface area contributed by atoms with Gasteiger partial charge in [-0.05, 0) is 11.8 Å². The Bertz CT molecular complexity index is 266. The molecule has 0 saturated carbocycles. The first kappa shape index (κ1) is 15.9. The summed E-state index contributed by atoms with van der Waals surface area (Å²) >= 11 is 0. The second-order valence-corrected chi connectivity index (χ2v) is 4.66. The molecule has 17 heavy (non-hydrogen) atoms. The zero-order valence-corrected chi connectivity index (χ0v) is 11.3. The van der Waals surface area contributed by atoms with Gasteiger partial charge in [0.25, 0.3) is 0 Å². The van der Waals surface area contributed by atoms with E-state index in [1.54, 1.807) is 0 Å². The summed E-state index contributed by atoms with van der Waals surface area (Å²) in [6.07, 6.45) is 0.775. The minimum absolute atomic E-state index is 0.0192. The van der Waals surface area contributed by atoms with Gasteiger partial charge in [-0.2, -0.15) is 0 Å². The quantitative estimate of drug-likeness (QED) is 0.673. The van der Waals surface area contributed by atoms with Crippen molar-refractivity contribution in [2.24, 2.45) is 17.6 Å². The molecule has 0 aromatic heterocycles. The van der Waals surface area contributed by atoms with Gasteiger partial charge in [0.2, 0.25) is 5.91 Å². The van der Waals surface area contributed by atoms with Gasteiger partial charge in [-0.25, -0.2) is 4.79 Å². The lowest BCUT2D eigenvalue weighted by atomic mass is 9.97. The molecule has 0 heterocycles. The average molecular weight is 244 g/mol. The molecule has 100 valence electrons. The first-order chi connectivity index (χ1) is 7.84. The zero-order chi connectivity index (χ0) is 13.6. The van der Waals surface area contributed by atoms with E-state index < -0.39 is 18.1 Å². The van der Waals surface area contributed by atoms with Crippen molar-refractivity contribution in [3.8, 4) is 0 Å². The molecule has 0 saturated heterocycles. The van der Waals surface area contributed by atoms with E-state index >= 15 is 0 Å². The predicted octanol–water partition coefficient (Wildman–Crippen LogP) is 0.674. The highest BCUT2D eigenvalue weighted by atomic mass is 16.5. The summed E-state index contributed by atoms with van der Waals surface area (Å²) < 4.78 is 4.68. The van der Waals surface area contributed by atoms with Crippen LogP contribution in [0.1, 0.15) is 34.1 Å². The van der Waals surface area contributed by atoms with E-state index in [4.69, 9.17) is 5.73 Å². The highest BCUT2D eigenvalue weighted by molar-refractivity contribution is 5.87. The van der Waals surface area contributed by atoms with Gasteiger partial charge in [0, 0.05) is 0 Å². The fourth-order valence-electron chi connectivity index (χ4n) is 1.35. The summed E-state index contributed by atoms with van der Waals surface area (Å²) in [6.45, 7) is 7.57. The number of carbonyl (C=O) groups excluding carboxylic acids is 2. The van der Waals surface area contributed by atoms with Crippen molar-refractivity contribution in [1.29, 1.82) is 0 Å². The number of ether oxygens (including phenoxy) is 1. The van der Waals surface area contributed by atoms with Crippen LogP contribution in [0.2, 0.25) is 0 Å². The van der Waals surface area contributed by atoms with E-state index in [0.29, 0.717) is 0 Å². The summed E-state index contributed by atoms with van der Waals surface area (Å²) in [6, 6.07) is -1.23. The standard InChI is InChI=1S/C12H24N2O3/c1-6-8(4)10(12(16)17-5)14-11(15)9(13)7(2)3/h7-10H,6,13H2,1-5H3,(H,14,15). The van der Waals surface area contributed by atoms with Crippen LogP contribution in [0, 0.1) is 11.8 Å². The SMILES string of the molecule is CCC(C)C(NC(=O)C(N)C(C)C)C(=O)OC. The van der Waals surface area contributed by atoms with Gasteiger partial charge < -0.3 is 15.8 Å². The van der Waals surface area contributed by atoms with E-state index in [2.05, 4.69) is 10.1 Å². The van der Waals surface area contributed by atoms with Crippen LogP contribution >= 0.6 is 0 Å². The third kappa shape index (κ3) is 4.73. The molecule has 0 spiro atoms. The molecule has 0 rings (SSSR count). The van der Waals surface area contributed by atoms with Gasteiger partial charge in [-0.3, -0.25) is 4.79 Å². The Morgan fingerprint density at radius 1 is 1.29 bits per heavy atom. The number of esters is 1. The van der Waals surface area contributed by atoms with Crippen LogP contribution in [0.5, 0.6) is 0 Å². The van der Waals surface area contributed by atoms with Crippen molar-refractivity contribution in [2.75, 3.05) is 7.11 Å². The Morgan fingerprint density at radius 2 is 1.82 bits per heavy atom. The van der Waals surface area contributed by atoms with Gasteiger partial charge in [-0.1, -0.05) is 34.1 Å². The minimum Gasteiger partial charge on any atom is -0.467 e. The summed E-state index contributed by atoms with van der Waals surface area (Å²) in [7, 11) is 1.31. The zero-order valence-electron chi connectivity index (χ0n) is 11.3. The Labute approximate surface area is 103 Å². The molecule has 0 bridgehead atoms. The summed E-state index contributed by atoms with van der Waals surface area (Å²) in [4.78, 5) is 23.4. The maximum absolute atomic E-state index is 11.8. The van der Waals surface area contributed by atoms with Gasteiger partial charge in [0.1, 0.15) is 6.04 Å². The number of carbonyl (C=O) groups is 2. The van der Waals surface area contributed by atoms with E-state index in [1.165, 1.54) is 7.11 Å². The fraction of sp³-hybridized carbons (Fsp3) is 0.833. The van der Waals surface area contributed by atoms with E-state index in [1.807, 2.05) is 27.7 Å². The molecule has 0 fully saturated rings. The Hall–Kier alpha value is -1.10. The van der Waals surface area contributed by atoms with Crippen LogP contribution in [-0.2, 0) is 14.3 Å². The summed E-state index contributed by atoms with van der Waals surface area (Å²) in [5.74, 6) is -0.685. The molecule has 0 aromatic carbocycles. The van der Waals surface area contributed by atoms with Gasteiger partial charge in [0.15, 0.2) is 0 Å². The number of nitrogens with one attached hydrogen (secondary N) is 1. The lowest BCUT2D eigenvalue weighted by Crippen LogP contribution is -2.52. The fourth-order valence-corrected chi connectivity index (χ4v) is 1.35. The first-order valence-corrected chi connectivity index (χ1v) is 5.98. The van der Waals surface area contributed by atoms with Gasteiger partial charge >= 0.3 is 5.97 Å². The Balaban J connectivity index is 4.64. The topological polar surface area (TPSA) is 81.4 Å². The van der Waals surface area contributed by atoms with Crippen LogP contribution in [0.25, 0.3) is 0 Å². The highest BCUT2D eigenvalue weighted by Gasteiger charge is 2.29. The summed E-state index contributed by atoms with van der Waals surface area (Å²) in [5, 5.41) is 2.66. The molecule has 0 aromatic rings. The number of hydrogen-bond donors (Lipinski definition) is 2. The second-order valence-electron chi connectivity index (χ2n) is 4.66. The number of hydrogen-bond acceptors (Lipinski definition) is 4. The number of methoxy groups -OCH3 is 1. The Morgan fingerprint density at radius 3 is 2.18 bits per heavy atom. The monoisotopic (exact) mass is 244 g/mol. The van der Waals surface area contributed by atoms with E-state index in [9.17, 15) is 9.59 Å². The number of amides is 1. The van der Waals surface area contributed by atoms with Crippen LogP contribution in [-0.4, -0.2) is 31.1 Å². The lowest BCUT2D eigenvalue weighted by molar-refractivity contribution is -0.146. The van der Waals surface area contributed by atoms with Gasteiger partial charge in [0.05, 0.1) is 13.2 Å². The van der Waals surface area contributed by atoms with Gasteiger partial charge in [-0.15, -0.1) is 0 Å². The van der Waals surface area contributed by atoms with E-state index in [0.717, 1.165) is 6.42 Å². The molecule has 0 aliphatic heterocycles. The molecule has 5 heteroatoms. The third-order valence-corrected chi connectivity index (χ3v) is 2.99. The van der Waals surface area contributed by atoms with Crippen molar-refractivity contribution in [2.45, 2.75) is 46.2 Å². The number of nitrogens with two attached hydrogens (primary N) is 1. The van der Waals surface area contributed by atoms with Crippen molar-refractivity contribution < 1.29 is 14.3 Å². The molecule has 5 nitrogen and oxygen atoms in total.